The van der Waals surface area contributed by atoms with Crippen LogP contribution in [0.5, 0.6) is 0 Å². The van der Waals surface area contributed by atoms with Crippen molar-refractivity contribution in [1.82, 2.24) is 4.98 Å². The van der Waals surface area contributed by atoms with Gasteiger partial charge in [0.25, 0.3) is 0 Å². The van der Waals surface area contributed by atoms with Crippen molar-refractivity contribution in [1.29, 1.82) is 0 Å². The molecule has 0 aliphatic heterocycles. The molecule has 0 unspecified atom stereocenters. The number of halogens is 1. The van der Waals surface area contributed by atoms with Gasteiger partial charge in [0.05, 0.1) is 0 Å². The van der Waals surface area contributed by atoms with Crippen LogP contribution in [-0.4, -0.2) is 17.3 Å². The molecule has 2 aromatic rings. The third kappa shape index (κ3) is 3.38. The van der Waals surface area contributed by atoms with Crippen LogP contribution in [-0.2, 0) is 0 Å². The number of carbonyl (C=O) groups is 2. The van der Waals surface area contributed by atoms with Gasteiger partial charge >= 0.3 is 6.03 Å². The first-order valence-corrected chi connectivity index (χ1v) is 6.59. The van der Waals surface area contributed by atoms with Crippen molar-refractivity contribution in [3.63, 3.8) is 0 Å². The van der Waals surface area contributed by atoms with Gasteiger partial charge in [-0.2, -0.15) is 0 Å². The van der Waals surface area contributed by atoms with Gasteiger partial charge in [-0.25, -0.2) is 9.78 Å². The number of nitrogens with zero attached hydrogens (tertiary/aromatic N) is 1. The number of aldehydes is 1. The molecule has 0 bridgehead atoms. The van der Waals surface area contributed by atoms with Gasteiger partial charge in [-0.05, 0) is 24.3 Å². The Kier molecular flexibility index (Phi) is 4.06. The average molecular weight is 326 g/mol. The highest BCUT2D eigenvalue weighted by molar-refractivity contribution is 9.10. The Morgan fingerprint density at radius 1 is 1.28 bits per heavy atom. The summed E-state index contributed by atoms with van der Waals surface area (Å²) in [6.07, 6.45) is 0.633. The molecule has 92 valence electrons. The maximum Gasteiger partial charge on any atom is 0.325 e. The predicted octanol–water partition coefficient (Wildman–Crippen LogP) is 3.36. The summed E-state index contributed by atoms with van der Waals surface area (Å²) in [5.41, 5.74) is 0.974. The van der Waals surface area contributed by atoms with Crippen molar-refractivity contribution in [2.75, 3.05) is 10.6 Å². The molecule has 0 fully saturated rings. The zero-order chi connectivity index (χ0) is 13.0. The molecular weight excluding hydrogens is 318 g/mol. The summed E-state index contributed by atoms with van der Waals surface area (Å²) in [4.78, 5) is 25.9. The van der Waals surface area contributed by atoms with E-state index in [0.29, 0.717) is 22.8 Å². The minimum Gasteiger partial charge on any atom is -0.308 e. The van der Waals surface area contributed by atoms with E-state index in [-0.39, 0.29) is 0 Å². The molecule has 0 radical (unpaired) electrons. The molecule has 0 saturated carbocycles. The zero-order valence-corrected chi connectivity index (χ0v) is 11.4. The maximum atomic E-state index is 11.6. The quantitative estimate of drug-likeness (QED) is 0.850. The highest BCUT2D eigenvalue weighted by Crippen LogP contribution is 2.16. The maximum absolute atomic E-state index is 11.6. The lowest BCUT2D eigenvalue weighted by molar-refractivity contribution is 0.111. The number of amides is 2. The van der Waals surface area contributed by atoms with Gasteiger partial charge in [-0.15, -0.1) is 11.3 Å². The Labute approximate surface area is 115 Å². The molecule has 0 aliphatic rings. The van der Waals surface area contributed by atoms with Gasteiger partial charge in [0.2, 0.25) is 0 Å². The molecule has 0 atom stereocenters. The number of hydrogen-bond acceptors (Lipinski definition) is 4. The van der Waals surface area contributed by atoms with Gasteiger partial charge in [0, 0.05) is 15.5 Å². The fourth-order valence-corrected chi connectivity index (χ4v) is 2.11. The average Bonchev–Trinajstić information content (AvgIpc) is 2.79. The van der Waals surface area contributed by atoms with Crippen LogP contribution in [0.15, 0.2) is 34.1 Å². The molecule has 2 amide bonds. The summed E-state index contributed by atoms with van der Waals surface area (Å²) < 4.78 is 0.934. The SMILES string of the molecule is O=Cc1csc(NC(=O)Nc2ccc(Br)cc2)n1. The zero-order valence-electron chi connectivity index (χ0n) is 9.01. The van der Waals surface area contributed by atoms with Crippen LogP contribution in [0.25, 0.3) is 0 Å². The first kappa shape index (κ1) is 12.7. The Balaban J connectivity index is 1.96. The van der Waals surface area contributed by atoms with Crippen LogP contribution in [0.1, 0.15) is 10.5 Å². The van der Waals surface area contributed by atoms with Gasteiger partial charge in [0.1, 0.15) is 5.69 Å². The van der Waals surface area contributed by atoms with Crippen molar-refractivity contribution in [3.05, 3.63) is 39.8 Å². The van der Waals surface area contributed by atoms with Crippen LogP contribution >= 0.6 is 27.3 Å². The summed E-state index contributed by atoms with van der Waals surface area (Å²) >= 11 is 4.50. The van der Waals surface area contributed by atoms with Crippen LogP contribution in [0.4, 0.5) is 15.6 Å². The van der Waals surface area contributed by atoms with Gasteiger partial charge in [0.15, 0.2) is 11.4 Å². The molecule has 1 aromatic carbocycles. The number of nitrogens with one attached hydrogen (secondary N) is 2. The number of anilines is 2. The van der Waals surface area contributed by atoms with E-state index in [1.165, 1.54) is 11.3 Å². The Hall–Kier alpha value is -1.73. The summed E-state index contributed by atoms with van der Waals surface area (Å²) in [7, 11) is 0. The predicted molar refractivity (Wildman–Crippen MR) is 74.3 cm³/mol. The lowest BCUT2D eigenvalue weighted by Gasteiger charge is -2.04. The van der Waals surface area contributed by atoms with Crippen LogP contribution in [0, 0.1) is 0 Å². The molecule has 18 heavy (non-hydrogen) atoms. The Morgan fingerprint density at radius 2 is 2.00 bits per heavy atom. The van der Waals surface area contributed by atoms with Gasteiger partial charge in [-0.1, -0.05) is 15.9 Å². The van der Waals surface area contributed by atoms with E-state index in [1.807, 2.05) is 12.1 Å². The van der Waals surface area contributed by atoms with Crippen molar-refractivity contribution >= 4 is 50.4 Å². The Bertz CT molecular complexity index is 568. The number of carbonyl (C=O) groups excluding carboxylic acids is 2. The van der Waals surface area contributed by atoms with E-state index in [2.05, 4.69) is 31.5 Å². The molecule has 1 aromatic heterocycles. The second kappa shape index (κ2) is 5.74. The molecule has 5 nitrogen and oxygen atoms in total. The van der Waals surface area contributed by atoms with Crippen LogP contribution in [0.2, 0.25) is 0 Å². The van der Waals surface area contributed by atoms with E-state index < -0.39 is 6.03 Å². The summed E-state index contributed by atoms with van der Waals surface area (Å²) in [5, 5.41) is 7.15. The molecule has 0 saturated heterocycles. The standard InChI is InChI=1S/C11H8BrN3O2S/c12-7-1-3-8(4-2-7)13-10(17)15-11-14-9(5-16)6-18-11/h1-6H,(H2,13,14,15,17). The first-order chi connectivity index (χ1) is 8.67. The summed E-state index contributed by atoms with van der Waals surface area (Å²) in [6, 6.07) is 6.78. The fraction of sp³-hybridized carbons (Fsp3) is 0. The molecule has 2 rings (SSSR count). The Morgan fingerprint density at radius 3 is 2.61 bits per heavy atom. The second-order valence-corrected chi connectivity index (χ2v) is 5.06. The normalized spacial score (nSPS) is 9.83. The highest BCUT2D eigenvalue weighted by Gasteiger charge is 2.06. The number of thiazole rings is 1. The third-order valence-corrected chi connectivity index (χ3v) is 3.27. The number of aromatic nitrogens is 1. The highest BCUT2D eigenvalue weighted by atomic mass is 79.9. The number of benzene rings is 1. The van der Waals surface area contributed by atoms with Crippen LogP contribution in [0.3, 0.4) is 0 Å². The van der Waals surface area contributed by atoms with E-state index in [0.717, 1.165) is 4.47 Å². The summed E-state index contributed by atoms with van der Waals surface area (Å²) in [5.74, 6) is 0. The first-order valence-electron chi connectivity index (χ1n) is 4.91. The van der Waals surface area contributed by atoms with Gasteiger partial charge < -0.3 is 5.32 Å². The lowest BCUT2D eigenvalue weighted by Crippen LogP contribution is -2.19. The third-order valence-electron chi connectivity index (χ3n) is 1.97. The number of urea groups is 1. The topological polar surface area (TPSA) is 71.1 Å². The molecule has 0 aliphatic carbocycles. The van der Waals surface area contributed by atoms with E-state index >= 15 is 0 Å². The van der Waals surface area contributed by atoms with E-state index in [4.69, 9.17) is 0 Å². The molecule has 2 N–H and O–H groups in total. The van der Waals surface area contributed by atoms with Crippen LogP contribution < -0.4 is 10.6 Å². The summed E-state index contributed by atoms with van der Waals surface area (Å²) in [6.45, 7) is 0. The van der Waals surface area contributed by atoms with Crippen molar-refractivity contribution in [2.45, 2.75) is 0 Å². The largest absolute Gasteiger partial charge is 0.325 e. The van der Waals surface area contributed by atoms with Gasteiger partial charge in [-0.3, -0.25) is 10.1 Å². The molecule has 0 spiro atoms. The smallest absolute Gasteiger partial charge is 0.308 e. The monoisotopic (exact) mass is 325 g/mol. The minimum absolute atomic E-state index is 0.305. The van der Waals surface area contributed by atoms with Crippen molar-refractivity contribution < 1.29 is 9.59 Å². The van der Waals surface area contributed by atoms with Crippen molar-refractivity contribution in [2.24, 2.45) is 0 Å². The number of hydrogen-bond donors (Lipinski definition) is 2. The fourth-order valence-electron chi connectivity index (χ4n) is 1.19. The molecule has 1 heterocycles. The molecule has 7 heteroatoms. The molecular formula is C11H8BrN3O2S. The van der Waals surface area contributed by atoms with E-state index in [9.17, 15) is 9.59 Å². The van der Waals surface area contributed by atoms with Crippen molar-refractivity contribution in [3.8, 4) is 0 Å². The second-order valence-electron chi connectivity index (χ2n) is 3.28. The lowest BCUT2D eigenvalue weighted by atomic mass is 10.3. The number of rotatable bonds is 3. The van der Waals surface area contributed by atoms with E-state index in [1.54, 1.807) is 17.5 Å². The minimum atomic E-state index is -0.399.